The monoisotopic (exact) mass is 248 g/mol. The van der Waals surface area contributed by atoms with E-state index < -0.39 is 5.91 Å². The van der Waals surface area contributed by atoms with Crippen LogP contribution in [-0.2, 0) is 0 Å². The van der Waals surface area contributed by atoms with E-state index in [1.54, 1.807) is 12.1 Å². The summed E-state index contributed by atoms with van der Waals surface area (Å²) in [7, 11) is 0. The van der Waals surface area contributed by atoms with Crippen LogP contribution in [0.3, 0.4) is 0 Å². The van der Waals surface area contributed by atoms with Gasteiger partial charge < -0.3 is 0 Å². The summed E-state index contributed by atoms with van der Waals surface area (Å²) >= 11 is 0. The number of azide groups is 1. The molecule has 0 aliphatic carbocycles. The molecule has 0 saturated carbocycles. The van der Waals surface area contributed by atoms with Crippen LogP contribution in [0, 0.1) is 0 Å². The molecular formula is C14H8N4O. The first-order valence-corrected chi connectivity index (χ1v) is 5.68. The van der Waals surface area contributed by atoms with Crippen molar-refractivity contribution in [1.82, 2.24) is 4.98 Å². The lowest BCUT2D eigenvalue weighted by molar-refractivity contribution is 0.100. The Hall–Kier alpha value is -2.91. The molecule has 2 aromatic carbocycles. The lowest BCUT2D eigenvalue weighted by Gasteiger charge is -2.07. The van der Waals surface area contributed by atoms with Gasteiger partial charge in [-0.05, 0) is 22.8 Å². The standard InChI is InChI=1S/C14H8N4O/c15-18-17-14(19)13-9-5-1-3-7-11(9)16-12-8-4-2-6-10(12)13/h1-8H. The Labute approximate surface area is 108 Å². The highest BCUT2D eigenvalue weighted by atomic mass is 16.1. The summed E-state index contributed by atoms with van der Waals surface area (Å²) in [6, 6.07) is 14.6. The molecule has 0 atom stereocenters. The maximum absolute atomic E-state index is 12.0. The van der Waals surface area contributed by atoms with E-state index in [4.69, 9.17) is 5.53 Å². The molecule has 0 spiro atoms. The fourth-order valence-electron chi connectivity index (χ4n) is 2.16. The Morgan fingerprint density at radius 2 is 1.53 bits per heavy atom. The minimum absolute atomic E-state index is 0.402. The van der Waals surface area contributed by atoms with Crippen LogP contribution in [0.5, 0.6) is 0 Å². The van der Waals surface area contributed by atoms with Gasteiger partial charge >= 0.3 is 0 Å². The Kier molecular flexibility index (Phi) is 2.59. The maximum Gasteiger partial charge on any atom is 0.250 e. The van der Waals surface area contributed by atoms with Crippen molar-refractivity contribution in [3.8, 4) is 0 Å². The van der Waals surface area contributed by atoms with Crippen LogP contribution >= 0.6 is 0 Å². The van der Waals surface area contributed by atoms with Crippen LogP contribution in [0.1, 0.15) is 10.4 Å². The number of amides is 1. The van der Waals surface area contributed by atoms with Gasteiger partial charge in [0.15, 0.2) is 0 Å². The molecule has 19 heavy (non-hydrogen) atoms. The Bertz CT molecular complexity index is 796. The first-order chi connectivity index (χ1) is 9.31. The third-order valence-electron chi connectivity index (χ3n) is 2.94. The third-order valence-corrected chi connectivity index (χ3v) is 2.94. The van der Waals surface area contributed by atoms with E-state index in [0.717, 1.165) is 0 Å². The lowest BCUT2D eigenvalue weighted by Crippen LogP contribution is -1.98. The van der Waals surface area contributed by atoms with Gasteiger partial charge in [0, 0.05) is 21.2 Å². The quantitative estimate of drug-likeness (QED) is 0.284. The summed E-state index contributed by atoms with van der Waals surface area (Å²) in [5.41, 5.74) is 10.3. The fraction of sp³-hybridized carbons (Fsp3) is 0. The molecule has 0 fully saturated rings. The largest absolute Gasteiger partial charge is 0.287 e. The molecule has 0 aliphatic rings. The first kappa shape index (κ1) is 11.2. The van der Waals surface area contributed by atoms with Crippen LogP contribution in [0.25, 0.3) is 32.2 Å². The van der Waals surface area contributed by atoms with E-state index in [1.165, 1.54) is 0 Å². The number of benzene rings is 2. The summed E-state index contributed by atoms with van der Waals surface area (Å²) < 4.78 is 0. The van der Waals surface area contributed by atoms with Crippen LogP contribution in [0.2, 0.25) is 0 Å². The molecule has 1 aromatic heterocycles. The first-order valence-electron chi connectivity index (χ1n) is 5.68. The highest BCUT2D eigenvalue weighted by molar-refractivity contribution is 6.16. The van der Waals surface area contributed by atoms with E-state index in [-0.39, 0.29) is 0 Å². The maximum atomic E-state index is 12.0. The Morgan fingerprint density at radius 1 is 1.00 bits per heavy atom. The summed E-state index contributed by atoms with van der Waals surface area (Å²) in [6.07, 6.45) is 0. The molecule has 3 aromatic rings. The molecule has 0 saturated heterocycles. The van der Waals surface area contributed by atoms with Crippen molar-refractivity contribution in [3.05, 3.63) is 64.5 Å². The van der Waals surface area contributed by atoms with Crippen molar-refractivity contribution >= 4 is 27.7 Å². The predicted molar refractivity (Wildman–Crippen MR) is 72.7 cm³/mol. The molecule has 5 heteroatoms. The number of fused-ring (bicyclic) bond motifs is 2. The van der Waals surface area contributed by atoms with Gasteiger partial charge in [-0.15, -0.1) is 0 Å². The third kappa shape index (κ3) is 1.78. The highest BCUT2D eigenvalue weighted by Gasteiger charge is 2.14. The van der Waals surface area contributed by atoms with Crippen LogP contribution in [0.15, 0.2) is 53.6 Å². The number of carbonyl (C=O) groups excluding carboxylic acids is 1. The smallest absolute Gasteiger partial charge is 0.250 e. The molecule has 90 valence electrons. The van der Waals surface area contributed by atoms with Crippen LogP contribution in [0.4, 0.5) is 0 Å². The zero-order valence-corrected chi connectivity index (χ0v) is 9.82. The summed E-state index contributed by atoms with van der Waals surface area (Å²) in [4.78, 5) is 19.1. The number of carbonyl (C=O) groups is 1. The van der Waals surface area contributed by atoms with Gasteiger partial charge in [0.05, 0.1) is 11.0 Å². The Morgan fingerprint density at radius 3 is 2.05 bits per heavy atom. The van der Waals surface area contributed by atoms with Gasteiger partial charge in [0.25, 0.3) is 5.91 Å². The average Bonchev–Trinajstić information content (AvgIpc) is 2.44. The number of hydrogen-bond acceptors (Lipinski definition) is 2. The number of aromatic nitrogens is 1. The van der Waals surface area contributed by atoms with E-state index in [1.807, 2.05) is 36.4 Å². The molecular weight excluding hydrogens is 240 g/mol. The van der Waals surface area contributed by atoms with Crippen molar-refractivity contribution in [3.63, 3.8) is 0 Å². The second-order valence-electron chi connectivity index (χ2n) is 4.02. The van der Waals surface area contributed by atoms with Gasteiger partial charge in [0.1, 0.15) is 0 Å². The minimum atomic E-state index is -0.586. The molecule has 1 amide bonds. The number of rotatable bonds is 1. The van der Waals surface area contributed by atoms with Crippen molar-refractivity contribution in [2.45, 2.75) is 0 Å². The zero-order chi connectivity index (χ0) is 13.2. The zero-order valence-electron chi connectivity index (χ0n) is 9.82. The normalized spacial score (nSPS) is 10.3. The van der Waals surface area contributed by atoms with E-state index in [2.05, 4.69) is 15.0 Å². The van der Waals surface area contributed by atoms with E-state index >= 15 is 0 Å². The Balaban J connectivity index is 2.53. The molecule has 0 N–H and O–H groups in total. The number of hydrogen-bond donors (Lipinski definition) is 0. The fourth-order valence-corrected chi connectivity index (χ4v) is 2.16. The topological polar surface area (TPSA) is 78.7 Å². The molecule has 5 nitrogen and oxygen atoms in total. The van der Waals surface area contributed by atoms with Crippen LogP contribution < -0.4 is 0 Å². The number of para-hydroxylation sites is 2. The SMILES string of the molecule is [N-]=[N+]=NC(=O)c1c2ccccc2nc2ccccc12. The van der Waals surface area contributed by atoms with Crippen molar-refractivity contribution in [2.75, 3.05) is 0 Å². The second-order valence-corrected chi connectivity index (χ2v) is 4.02. The van der Waals surface area contributed by atoms with E-state index in [0.29, 0.717) is 27.4 Å². The lowest BCUT2D eigenvalue weighted by atomic mass is 10.0. The molecule has 3 rings (SSSR count). The number of pyridine rings is 1. The van der Waals surface area contributed by atoms with Crippen molar-refractivity contribution in [2.24, 2.45) is 5.11 Å². The molecule has 0 aliphatic heterocycles. The molecule has 1 heterocycles. The van der Waals surface area contributed by atoms with Gasteiger partial charge in [-0.3, -0.25) is 4.79 Å². The summed E-state index contributed by atoms with van der Waals surface area (Å²) in [6.45, 7) is 0. The van der Waals surface area contributed by atoms with Gasteiger partial charge in [-0.1, -0.05) is 36.4 Å². The predicted octanol–water partition coefficient (Wildman–Crippen LogP) is 3.84. The minimum Gasteiger partial charge on any atom is -0.287 e. The molecule has 0 bridgehead atoms. The second kappa shape index (κ2) is 4.40. The molecule has 0 radical (unpaired) electrons. The van der Waals surface area contributed by atoms with Gasteiger partial charge in [-0.2, -0.15) is 0 Å². The van der Waals surface area contributed by atoms with Gasteiger partial charge in [-0.25, -0.2) is 4.98 Å². The summed E-state index contributed by atoms with van der Waals surface area (Å²) in [5.74, 6) is -0.586. The number of nitrogens with zero attached hydrogens (tertiary/aromatic N) is 4. The molecule has 0 unspecified atom stereocenters. The highest BCUT2D eigenvalue weighted by Crippen LogP contribution is 2.26. The van der Waals surface area contributed by atoms with E-state index in [9.17, 15) is 4.79 Å². The van der Waals surface area contributed by atoms with Crippen LogP contribution in [-0.4, -0.2) is 10.9 Å². The van der Waals surface area contributed by atoms with Gasteiger partial charge in [0.2, 0.25) is 0 Å². The average molecular weight is 248 g/mol. The van der Waals surface area contributed by atoms with Crippen molar-refractivity contribution in [1.29, 1.82) is 0 Å². The van der Waals surface area contributed by atoms with Crippen molar-refractivity contribution < 1.29 is 4.79 Å². The summed E-state index contributed by atoms with van der Waals surface area (Å²) in [5, 5.41) is 4.60.